The van der Waals surface area contributed by atoms with Gasteiger partial charge in [0.15, 0.2) is 11.5 Å². The van der Waals surface area contributed by atoms with Gasteiger partial charge < -0.3 is 14.4 Å². The summed E-state index contributed by atoms with van der Waals surface area (Å²) in [6, 6.07) is 16.5. The molecule has 10 heteroatoms. The molecule has 1 fully saturated rings. The van der Waals surface area contributed by atoms with Crippen molar-refractivity contribution >= 4 is 22.2 Å². The molecule has 2 aromatic carbocycles. The van der Waals surface area contributed by atoms with Gasteiger partial charge in [0.05, 0.1) is 19.9 Å². The van der Waals surface area contributed by atoms with Crippen LogP contribution < -0.4 is 15.0 Å². The predicted molar refractivity (Wildman–Crippen MR) is 133 cm³/mol. The topological polar surface area (TPSA) is 89.3 Å². The average Bonchev–Trinajstić information content (AvgIpc) is 3.34. The summed E-state index contributed by atoms with van der Waals surface area (Å²) in [6.07, 6.45) is 0. The molecule has 1 saturated heterocycles. The van der Waals surface area contributed by atoms with E-state index in [1.807, 2.05) is 35.2 Å². The molecule has 0 atom stereocenters. The second-order valence-electron chi connectivity index (χ2n) is 8.19. The smallest absolute Gasteiger partial charge is 0.275 e. The van der Waals surface area contributed by atoms with Gasteiger partial charge in [-0.05, 0) is 18.2 Å². The Bertz CT molecular complexity index is 1410. The van der Waals surface area contributed by atoms with E-state index in [1.165, 1.54) is 15.9 Å². The van der Waals surface area contributed by atoms with Gasteiger partial charge in [0.1, 0.15) is 5.01 Å². The first-order chi connectivity index (χ1) is 17.1. The lowest BCUT2D eigenvalue weighted by Gasteiger charge is -2.34. The number of nitrogens with zero attached hydrogens (tertiary/aromatic N) is 5. The maximum absolute atomic E-state index is 13.0. The van der Waals surface area contributed by atoms with Crippen molar-refractivity contribution in [3.05, 3.63) is 76.2 Å². The number of piperazine rings is 1. The fourth-order valence-electron chi connectivity index (χ4n) is 4.12. The molecule has 180 valence electrons. The summed E-state index contributed by atoms with van der Waals surface area (Å²) >= 11 is 1.40. The number of fused-ring (bicyclic) bond motifs is 1. The molecule has 1 amide bonds. The third-order valence-electron chi connectivity index (χ3n) is 5.99. The zero-order valence-electron chi connectivity index (χ0n) is 19.5. The van der Waals surface area contributed by atoms with Crippen LogP contribution in [0.4, 0.5) is 0 Å². The van der Waals surface area contributed by atoms with Gasteiger partial charge in [0, 0.05) is 49.9 Å². The van der Waals surface area contributed by atoms with Crippen molar-refractivity contribution in [1.29, 1.82) is 0 Å². The molecule has 2 aromatic heterocycles. The number of methoxy groups -OCH3 is 2. The first-order valence-corrected chi connectivity index (χ1v) is 12.1. The van der Waals surface area contributed by atoms with Crippen molar-refractivity contribution in [2.75, 3.05) is 40.4 Å². The summed E-state index contributed by atoms with van der Waals surface area (Å²) in [6.45, 7) is 3.11. The highest BCUT2D eigenvalue weighted by Crippen LogP contribution is 2.28. The van der Waals surface area contributed by atoms with Crippen LogP contribution in [0.1, 0.15) is 16.1 Å². The number of hydrogen-bond donors (Lipinski definition) is 0. The largest absolute Gasteiger partial charge is 0.493 e. The quantitative estimate of drug-likeness (QED) is 0.410. The number of ether oxygens (including phenoxy) is 2. The molecule has 0 N–H and O–H groups in total. The first kappa shape index (κ1) is 23.0. The van der Waals surface area contributed by atoms with E-state index in [9.17, 15) is 9.59 Å². The van der Waals surface area contributed by atoms with Crippen LogP contribution in [-0.2, 0) is 6.54 Å². The molecule has 1 aliphatic heterocycles. The fraction of sp³-hybridized carbons (Fsp3) is 0.280. The minimum Gasteiger partial charge on any atom is -0.493 e. The zero-order valence-corrected chi connectivity index (χ0v) is 20.3. The van der Waals surface area contributed by atoms with Crippen LogP contribution in [0.3, 0.4) is 0 Å². The van der Waals surface area contributed by atoms with Crippen LogP contribution in [0.2, 0.25) is 0 Å². The molecular formula is C25H25N5O4S. The molecule has 0 aliphatic carbocycles. The molecule has 35 heavy (non-hydrogen) atoms. The van der Waals surface area contributed by atoms with E-state index in [0.717, 1.165) is 10.6 Å². The normalized spacial score (nSPS) is 14.3. The van der Waals surface area contributed by atoms with Gasteiger partial charge in [0.25, 0.3) is 11.5 Å². The van der Waals surface area contributed by atoms with Crippen LogP contribution in [0.25, 0.3) is 15.5 Å². The maximum Gasteiger partial charge on any atom is 0.275 e. The van der Waals surface area contributed by atoms with Crippen molar-refractivity contribution in [3.8, 4) is 22.1 Å². The Labute approximate surface area is 206 Å². The van der Waals surface area contributed by atoms with Crippen LogP contribution in [0.15, 0.2) is 59.4 Å². The summed E-state index contributed by atoms with van der Waals surface area (Å²) in [4.78, 5) is 34.9. The van der Waals surface area contributed by atoms with Crippen molar-refractivity contribution in [2.24, 2.45) is 0 Å². The number of rotatable bonds is 6. The summed E-state index contributed by atoms with van der Waals surface area (Å²) in [5, 5.41) is 5.20. The molecule has 9 nitrogen and oxygen atoms in total. The molecule has 0 saturated carbocycles. The highest BCUT2D eigenvalue weighted by atomic mass is 32.1. The first-order valence-electron chi connectivity index (χ1n) is 11.2. The van der Waals surface area contributed by atoms with E-state index in [4.69, 9.17) is 9.47 Å². The molecular weight excluding hydrogens is 466 g/mol. The lowest BCUT2D eigenvalue weighted by atomic mass is 10.1. The van der Waals surface area contributed by atoms with E-state index in [2.05, 4.69) is 15.0 Å². The molecule has 4 aromatic rings. The summed E-state index contributed by atoms with van der Waals surface area (Å²) in [5.74, 6) is 1.08. The maximum atomic E-state index is 13.0. The van der Waals surface area contributed by atoms with Gasteiger partial charge in [-0.1, -0.05) is 41.7 Å². The van der Waals surface area contributed by atoms with E-state index in [-0.39, 0.29) is 11.5 Å². The highest BCUT2D eigenvalue weighted by Gasteiger charge is 2.24. The third-order valence-corrected chi connectivity index (χ3v) is 6.95. The molecule has 3 heterocycles. The number of benzene rings is 2. The van der Waals surface area contributed by atoms with E-state index >= 15 is 0 Å². The van der Waals surface area contributed by atoms with Crippen molar-refractivity contribution in [1.82, 2.24) is 24.4 Å². The van der Waals surface area contributed by atoms with Crippen molar-refractivity contribution in [3.63, 3.8) is 0 Å². The Kier molecular flexibility index (Phi) is 6.47. The molecule has 0 bridgehead atoms. The minimum absolute atomic E-state index is 0.0403. The Morgan fingerprint density at radius 1 is 0.971 bits per heavy atom. The fourth-order valence-corrected chi connectivity index (χ4v) is 5.05. The Balaban J connectivity index is 1.25. The Morgan fingerprint density at radius 3 is 2.43 bits per heavy atom. The molecule has 1 aliphatic rings. The Hall–Kier alpha value is -3.76. The SMILES string of the molecule is COc1ccc(C(=O)N2CCN(Cc3cc(=O)n4nc(-c5ccccc5)sc4n3)CC2)cc1OC. The summed E-state index contributed by atoms with van der Waals surface area (Å²) < 4.78 is 11.9. The van der Waals surface area contributed by atoms with Gasteiger partial charge in [0.2, 0.25) is 4.96 Å². The van der Waals surface area contributed by atoms with Crippen LogP contribution in [-0.4, -0.2) is 70.7 Å². The van der Waals surface area contributed by atoms with Gasteiger partial charge in [-0.3, -0.25) is 14.5 Å². The number of carbonyl (C=O) groups excluding carboxylic acids is 1. The second kappa shape index (κ2) is 9.85. The zero-order chi connectivity index (χ0) is 24.4. The van der Waals surface area contributed by atoms with Crippen LogP contribution >= 0.6 is 11.3 Å². The van der Waals surface area contributed by atoms with Crippen molar-refractivity contribution < 1.29 is 14.3 Å². The van der Waals surface area contributed by atoms with Crippen molar-refractivity contribution in [2.45, 2.75) is 6.54 Å². The number of hydrogen-bond acceptors (Lipinski definition) is 8. The van der Waals surface area contributed by atoms with Gasteiger partial charge in [-0.25, -0.2) is 4.98 Å². The Morgan fingerprint density at radius 2 is 1.71 bits per heavy atom. The summed E-state index contributed by atoms with van der Waals surface area (Å²) in [7, 11) is 3.12. The van der Waals surface area contributed by atoms with E-state index < -0.39 is 0 Å². The number of amides is 1. The molecule has 0 radical (unpaired) electrons. The highest BCUT2D eigenvalue weighted by molar-refractivity contribution is 7.19. The van der Waals surface area contributed by atoms with E-state index in [1.54, 1.807) is 38.5 Å². The monoisotopic (exact) mass is 491 g/mol. The average molecular weight is 492 g/mol. The molecule has 5 rings (SSSR count). The summed E-state index contributed by atoms with van der Waals surface area (Å²) in [5.41, 5.74) is 2.04. The minimum atomic E-state index is -0.189. The van der Waals surface area contributed by atoms with E-state index in [0.29, 0.717) is 60.4 Å². The lowest BCUT2D eigenvalue weighted by Crippen LogP contribution is -2.48. The molecule has 0 unspecified atom stereocenters. The number of aromatic nitrogens is 3. The van der Waals surface area contributed by atoms with Gasteiger partial charge in [-0.2, -0.15) is 9.61 Å². The van der Waals surface area contributed by atoms with Crippen LogP contribution in [0, 0.1) is 0 Å². The third kappa shape index (κ3) is 4.75. The standard InChI is InChI=1S/C25H25N5O4S/c1-33-20-9-8-18(14-21(20)34-2)24(32)29-12-10-28(11-13-29)16-19-15-22(31)30-25(26-19)35-23(27-30)17-6-4-3-5-7-17/h3-9,14-15H,10-13,16H2,1-2H3. The number of carbonyl (C=O) groups is 1. The second-order valence-corrected chi connectivity index (χ2v) is 9.15. The van der Waals surface area contributed by atoms with Gasteiger partial charge >= 0.3 is 0 Å². The predicted octanol–water partition coefficient (Wildman–Crippen LogP) is 2.79. The molecule has 0 spiro atoms. The lowest BCUT2D eigenvalue weighted by molar-refractivity contribution is 0.0626. The van der Waals surface area contributed by atoms with Gasteiger partial charge in [-0.15, -0.1) is 0 Å². The van der Waals surface area contributed by atoms with Crippen LogP contribution in [0.5, 0.6) is 11.5 Å².